The van der Waals surface area contributed by atoms with Gasteiger partial charge in [-0.2, -0.15) is 0 Å². The highest BCUT2D eigenvalue weighted by atomic mass is 32.1. The van der Waals surface area contributed by atoms with Crippen LogP contribution in [0.1, 0.15) is 41.4 Å². The van der Waals surface area contributed by atoms with Crippen molar-refractivity contribution in [2.45, 2.75) is 39.2 Å². The van der Waals surface area contributed by atoms with Gasteiger partial charge in [-0.3, -0.25) is 0 Å². The number of hydrogen-bond acceptors (Lipinski definition) is 5. The topological polar surface area (TPSA) is 76.4 Å². The average molecular weight is 441 g/mol. The Labute approximate surface area is 188 Å². The summed E-state index contributed by atoms with van der Waals surface area (Å²) in [7, 11) is 3.66. The van der Waals surface area contributed by atoms with E-state index >= 15 is 0 Å². The summed E-state index contributed by atoms with van der Waals surface area (Å²) in [4.78, 5) is 6.10. The molecule has 2 heterocycles. The maximum absolute atomic E-state index is 5.25. The molecule has 7 nitrogen and oxygen atoms in total. The maximum Gasteiger partial charge on any atom is 0.191 e. The number of rotatable bonds is 10. The van der Waals surface area contributed by atoms with Crippen LogP contribution in [0.4, 0.5) is 0 Å². The highest BCUT2D eigenvalue weighted by Crippen LogP contribution is 2.21. The Morgan fingerprint density at radius 3 is 2.58 bits per heavy atom. The predicted molar refractivity (Wildman–Crippen MR) is 127 cm³/mol. The van der Waals surface area contributed by atoms with Gasteiger partial charge in [0.15, 0.2) is 11.8 Å². The van der Waals surface area contributed by atoms with Crippen LogP contribution in [0.25, 0.3) is 0 Å². The van der Waals surface area contributed by atoms with Crippen LogP contribution in [0.5, 0.6) is 5.75 Å². The summed E-state index contributed by atoms with van der Waals surface area (Å²) in [6.07, 6.45) is 1.98. The molecule has 0 saturated carbocycles. The third kappa shape index (κ3) is 6.82. The maximum atomic E-state index is 5.25. The molecule has 3 aromatic rings. The van der Waals surface area contributed by atoms with E-state index in [0.29, 0.717) is 12.5 Å². The Morgan fingerprint density at radius 1 is 1.16 bits per heavy atom. The van der Waals surface area contributed by atoms with Crippen LogP contribution in [0.15, 0.2) is 46.8 Å². The molecule has 1 unspecified atom stereocenters. The van der Waals surface area contributed by atoms with Crippen LogP contribution >= 0.6 is 11.3 Å². The fourth-order valence-corrected chi connectivity index (χ4v) is 3.89. The van der Waals surface area contributed by atoms with Crippen LogP contribution in [-0.2, 0) is 20.0 Å². The van der Waals surface area contributed by atoms with Gasteiger partial charge < -0.3 is 19.9 Å². The van der Waals surface area contributed by atoms with Crippen LogP contribution < -0.4 is 15.4 Å². The third-order valence-corrected chi connectivity index (χ3v) is 6.30. The van der Waals surface area contributed by atoms with E-state index < -0.39 is 0 Å². The Morgan fingerprint density at radius 2 is 1.94 bits per heavy atom. The van der Waals surface area contributed by atoms with Crippen LogP contribution in [0.3, 0.4) is 0 Å². The molecule has 1 aromatic carbocycles. The number of nitrogens with one attached hydrogen (secondary N) is 2. The summed E-state index contributed by atoms with van der Waals surface area (Å²) in [5.41, 5.74) is 1.31. The van der Waals surface area contributed by atoms with E-state index in [1.807, 2.05) is 30.7 Å². The van der Waals surface area contributed by atoms with Crippen molar-refractivity contribution >= 4 is 17.3 Å². The Bertz CT molecular complexity index is 949. The first kappa shape index (κ1) is 22.8. The van der Waals surface area contributed by atoms with Gasteiger partial charge in [-0.25, -0.2) is 4.99 Å². The van der Waals surface area contributed by atoms with Gasteiger partial charge in [-0.15, -0.1) is 21.5 Å². The molecule has 2 aromatic heterocycles. The average Bonchev–Trinajstić information content (AvgIpc) is 3.42. The van der Waals surface area contributed by atoms with Crippen molar-refractivity contribution in [3.8, 4) is 5.75 Å². The summed E-state index contributed by atoms with van der Waals surface area (Å²) in [5, 5.41) is 17.4. The SMILES string of the molecule is COc1ccc(C(C)CCNC(=NCc2nnc(C)n2C)NCCc2cccs2)cc1. The fraction of sp³-hybridized carbons (Fsp3) is 0.435. The van der Waals surface area contributed by atoms with Crippen molar-refractivity contribution in [3.05, 3.63) is 63.9 Å². The molecular formula is C23H32N6OS. The molecule has 8 heteroatoms. The standard InChI is InChI=1S/C23H32N6OS/c1-17(19-7-9-20(30-4)10-8-19)11-13-24-23(25-14-12-21-6-5-15-31-21)26-16-22-28-27-18(2)29(22)3/h5-10,15,17H,11-14,16H2,1-4H3,(H2,24,25,26). The van der Waals surface area contributed by atoms with Gasteiger partial charge >= 0.3 is 0 Å². The Kier molecular flexibility index (Phi) is 8.46. The second kappa shape index (κ2) is 11.5. The molecule has 0 aliphatic heterocycles. The van der Waals surface area contributed by atoms with Gasteiger partial charge in [-0.1, -0.05) is 25.1 Å². The molecule has 0 radical (unpaired) electrons. The summed E-state index contributed by atoms with van der Waals surface area (Å²) in [6.45, 7) is 6.33. The van der Waals surface area contributed by atoms with Crippen molar-refractivity contribution in [1.82, 2.24) is 25.4 Å². The molecular weight excluding hydrogens is 408 g/mol. The van der Waals surface area contributed by atoms with Gasteiger partial charge in [0.25, 0.3) is 0 Å². The monoisotopic (exact) mass is 440 g/mol. The van der Waals surface area contributed by atoms with E-state index in [2.05, 4.69) is 57.4 Å². The van der Waals surface area contributed by atoms with Gasteiger partial charge in [0.2, 0.25) is 0 Å². The van der Waals surface area contributed by atoms with Crippen LogP contribution in [-0.4, -0.2) is 40.9 Å². The van der Waals surface area contributed by atoms with Crippen LogP contribution in [0, 0.1) is 6.92 Å². The lowest BCUT2D eigenvalue weighted by molar-refractivity contribution is 0.414. The van der Waals surface area contributed by atoms with E-state index in [9.17, 15) is 0 Å². The largest absolute Gasteiger partial charge is 0.497 e. The number of aromatic nitrogens is 3. The molecule has 0 spiro atoms. The molecule has 0 aliphatic rings. The quantitative estimate of drug-likeness (QED) is 0.372. The molecule has 0 bridgehead atoms. The minimum Gasteiger partial charge on any atom is -0.497 e. The molecule has 1 atom stereocenters. The molecule has 2 N–H and O–H groups in total. The Hall–Kier alpha value is -2.87. The van der Waals surface area contributed by atoms with Gasteiger partial charge in [-0.05, 0) is 54.8 Å². The Balaban J connectivity index is 1.55. The first-order chi connectivity index (χ1) is 15.1. The highest BCUT2D eigenvalue weighted by Gasteiger charge is 2.08. The number of aryl methyl sites for hydroxylation is 1. The lowest BCUT2D eigenvalue weighted by atomic mass is 9.98. The zero-order valence-electron chi connectivity index (χ0n) is 18.8. The minimum absolute atomic E-state index is 0.437. The van der Waals surface area contributed by atoms with Crippen molar-refractivity contribution in [1.29, 1.82) is 0 Å². The molecule has 0 amide bonds. The van der Waals surface area contributed by atoms with E-state index in [1.165, 1.54) is 10.4 Å². The third-order valence-electron chi connectivity index (χ3n) is 5.36. The number of ether oxygens (including phenoxy) is 1. The normalized spacial score (nSPS) is 12.6. The second-order valence-corrected chi connectivity index (χ2v) is 8.57. The number of thiophene rings is 1. The van der Waals surface area contributed by atoms with E-state index in [4.69, 9.17) is 9.73 Å². The van der Waals surface area contributed by atoms with Gasteiger partial charge in [0.1, 0.15) is 18.1 Å². The number of benzene rings is 1. The van der Waals surface area contributed by atoms with E-state index in [0.717, 1.165) is 49.3 Å². The fourth-order valence-electron chi connectivity index (χ4n) is 3.18. The molecule has 0 fully saturated rings. The molecule has 3 rings (SSSR count). The molecule has 31 heavy (non-hydrogen) atoms. The summed E-state index contributed by atoms with van der Waals surface area (Å²) < 4.78 is 7.22. The van der Waals surface area contributed by atoms with Crippen molar-refractivity contribution in [2.24, 2.45) is 12.0 Å². The summed E-state index contributed by atoms with van der Waals surface area (Å²) in [5.74, 6) is 3.87. The van der Waals surface area contributed by atoms with Crippen molar-refractivity contribution in [3.63, 3.8) is 0 Å². The van der Waals surface area contributed by atoms with E-state index in [1.54, 1.807) is 18.4 Å². The number of hydrogen-bond donors (Lipinski definition) is 2. The number of guanidine groups is 1. The highest BCUT2D eigenvalue weighted by molar-refractivity contribution is 7.09. The van der Waals surface area contributed by atoms with Gasteiger partial charge in [0.05, 0.1) is 7.11 Å². The summed E-state index contributed by atoms with van der Waals surface area (Å²) in [6, 6.07) is 12.5. The van der Waals surface area contributed by atoms with Crippen LogP contribution in [0.2, 0.25) is 0 Å². The molecule has 0 saturated heterocycles. The van der Waals surface area contributed by atoms with Gasteiger partial charge in [0, 0.05) is 25.0 Å². The summed E-state index contributed by atoms with van der Waals surface area (Å²) >= 11 is 1.78. The first-order valence-electron chi connectivity index (χ1n) is 10.6. The lowest BCUT2D eigenvalue weighted by Crippen LogP contribution is -2.39. The minimum atomic E-state index is 0.437. The smallest absolute Gasteiger partial charge is 0.191 e. The first-order valence-corrected chi connectivity index (χ1v) is 11.5. The number of nitrogens with zero attached hydrogens (tertiary/aromatic N) is 4. The molecule has 0 aliphatic carbocycles. The zero-order valence-corrected chi connectivity index (χ0v) is 19.6. The van der Waals surface area contributed by atoms with E-state index in [-0.39, 0.29) is 0 Å². The molecule has 166 valence electrons. The van der Waals surface area contributed by atoms with Crippen molar-refractivity contribution in [2.75, 3.05) is 20.2 Å². The second-order valence-electron chi connectivity index (χ2n) is 7.53. The lowest BCUT2D eigenvalue weighted by Gasteiger charge is -2.16. The number of aliphatic imine (C=N–C) groups is 1. The predicted octanol–water partition coefficient (Wildman–Crippen LogP) is 3.67. The van der Waals surface area contributed by atoms with Crippen molar-refractivity contribution < 1.29 is 4.74 Å². The zero-order chi connectivity index (χ0) is 22.1. The number of methoxy groups -OCH3 is 1.